The Bertz CT molecular complexity index is 1690. The van der Waals surface area contributed by atoms with E-state index in [1.54, 1.807) is 0 Å². The molecule has 0 saturated heterocycles. The summed E-state index contributed by atoms with van der Waals surface area (Å²) in [7, 11) is 0. The molecule has 1 aliphatic rings. The van der Waals surface area contributed by atoms with Crippen molar-refractivity contribution >= 4 is 55.4 Å². The molecule has 1 atom stereocenters. The highest BCUT2D eigenvalue weighted by atomic mass is 32.1. The summed E-state index contributed by atoms with van der Waals surface area (Å²) in [5.41, 5.74) is 10.2. The third kappa shape index (κ3) is 6.32. The maximum atomic E-state index is 13.9. The summed E-state index contributed by atoms with van der Waals surface area (Å²) in [6.07, 6.45) is 6.18. The van der Waals surface area contributed by atoms with E-state index in [0.29, 0.717) is 23.9 Å². The van der Waals surface area contributed by atoms with Gasteiger partial charge in [0, 0.05) is 24.3 Å². The van der Waals surface area contributed by atoms with Crippen LogP contribution in [0.3, 0.4) is 0 Å². The summed E-state index contributed by atoms with van der Waals surface area (Å²) >= 11 is 1.35. The van der Waals surface area contributed by atoms with Crippen LogP contribution in [0.5, 0.6) is 0 Å². The van der Waals surface area contributed by atoms with E-state index < -0.39 is 6.04 Å². The maximum Gasteiger partial charge on any atom is 0.221 e. The van der Waals surface area contributed by atoms with E-state index in [4.69, 9.17) is 5.73 Å². The molecule has 41 heavy (non-hydrogen) atoms. The number of carbonyl (C=O) groups excluding carboxylic acids is 2. The minimum Gasteiger partial charge on any atom is -0.355 e. The van der Waals surface area contributed by atoms with Crippen molar-refractivity contribution in [2.45, 2.75) is 51.1 Å². The normalized spacial score (nSPS) is 14.7. The Balaban J connectivity index is 1.24. The molecule has 1 unspecified atom stereocenters. The first-order valence-corrected chi connectivity index (χ1v) is 15.2. The van der Waals surface area contributed by atoms with Crippen molar-refractivity contribution in [3.8, 4) is 0 Å². The SMILES string of the molecule is NCc1ccc(C(NC(=O)CC2CCCCC2)C(=O)c2nc3ccc(Nc4ccc5ccccc5c4)cc3s2)cc1. The number of thiazole rings is 1. The second-order valence-corrected chi connectivity index (χ2v) is 11.9. The van der Waals surface area contributed by atoms with Gasteiger partial charge in [-0.2, -0.15) is 0 Å². The fourth-order valence-corrected chi connectivity index (χ4v) is 6.66. The quantitative estimate of drug-likeness (QED) is 0.160. The molecule has 1 saturated carbocycles. The van der Waals surface area contributed by atoms with Crippen molar-refractivity contribution < 1.29 is 9.59 Å². The Morgan fingerprint density at radius 3 is 2.39 bits per heavy atom. The van der Waals surface area contributed by atoms with Gasteiger partial charge in [-0.3, -0.25) is 9.59 Å². The molecule has 0 aliphatic heterocycles. The van der Waals surface area contributed by atoms with Gasteiger partial charge in [0.15, 0.2) is 5.01 Å². The molecular formula is C34H34N4O2S. The van der Waals surface area contributed by atoms with Crippen LogP contribution in [0.1, 0.15) is 65.5 Å². The Morgan fingerprint density at radius 1 is 0.878 bits per heavy atom. The number of rotatable bonds is 9. The number of nitrogens with one attached hydrogen (secondary N) is 2. The molecule has 1 aromatic heterocycles. The number of carbonyl (C=O) groups is 2. The topological polar surface area (TPSA) is 97.1 Å². The largest absolute Gasteiger partial charge is 0.355 e. The van der Waals surface area contributed by atoms with Crippen LogP contribution in [0.4, 0.5) is 11.4 Å². The number of ketones is 1. The molecule has 0 spiro atoms. The number of hydrogen-bond donors (Lipinski definition) is 3. The fraction of sp³-hybridized carbons (Fsp3) is 0.265. The molecule has 1 aliphatic carbocycles. The smallest absolute Gasteiger partial charge is 0.221 e. The molecular weight excluding hydrogens is 528 g/mol. The van der Waals surface area contributed by atoms with Crippen molar-refractivity contribution in [2.24, 2.45) is 11.7 Å². The summed E-state index contributed by atoms with van der Waals surface area (Å²) in [5, 5.41) is 9.27. The van der Waals surface area contributed by atoms with E-state index in [0.717, 1.165) is 45.6 Å². The maximum absolute atomic E-state index is 13.9. The molecule has 4 N–H and O–H groups in total. The second kappa shape index (κ2) is 12.2. The van der Waals surface area contributed by atoms with E-state index in [2.05, 4.69) is 45.9 Å². The predicted octanol–water partition coefficient (Wildman–Crippen LogP) is 7.66. The fourth-order valence-electron chi connectivity index (χ4n) is 5.68. The van der Waals surface area contributed by atoms with Gasteiger partial charge in [-0.05, 0) is 71.0 Å². The molecule has 1 amide bonds. The summed E-state index contributed by atoms with van der Waals surface area (Å²) < 4.78 is 0.907. The van der Waals surface area contributed by atoms with E-state index in [1.165, 1.54) is 41.4 Å². The number of aromatic nitrogens is 1. The van der Waals surface area contributed by atoms with Gasteiger partial charge in [-0.15, -0.1) is 11.3 Å². The molecule has 1 heterocycles. The standard InChI is InChI=1S/C34H34N4O2S/c35-21-23-10-12-25(13-11-23)32(38-31(39)18-22-6-2-1-3-7-22)33(40)34-37-29-17-16-28(20-30(29)41-34)36-27-15-14-24-8-4-5-9-26(24)19-27/h4-5,8-17,19-20,22,32,36H,1-3,6-7,18,21,35H2,(H,38,39). The minimum atomic E-state index is -0.798. The highest BCUT2D eigenvalue weighted by Gasteiger charge is 2.28. The molecule has 6 rings (SSSR count). The highest BCUT2D eigenvalue weighted by molar-refractivity contribution is 7.20. The van der Waals surface area contributed by atoms with Gasteiger partial charge in [-0.25, -0.2) is 4.98 Å². The van der Waals surface area contributed by atoms with E-state index in [9.17, 15) is 9.59 Å². The highest BCUT2D eigenvalue weighted by Crippen LogP contribution is 2.31. The lowest BCUT2D eigenvalue weighted by Crippen LogP contribution is -2.35. The number of benzene rings is 4. The lowest BCUT2D eigenvalue weighted by atomic mass is 9.86. The monoisotopic (exact) mass is 562 g/mol. The predicted molar refractivity (Wildman–Crippen MR) is 168 cm³/mol. The first kappa shape index (κ1) is 27.1. The van der Waals surface area contributed by atoms with Gasteiger partial charge in [-0.1, -0.05) is 73.9 Å². The number of amides is 1. The summed E-state index contributed by atoms with van der Waals surface area (Å²) in [4.78, 5) is 31.7. The summed E-state index contributed by atoms with van der Waals surface area (Å²) in [6.45, 7) is 0.417. The molecule has 0 bridgehead atoms. The Morgan fingerprint density at radius 2 is 1.61 bits per heavy atom. The van der Waals surface area contributed by atoms with Crippen molar-refractivity contribution in [2.75, 3.05) is 5.32 Å². The lowest BCUT2D eigenvalue weighted by Gasteiger charge is -2.23. The van der Waals surface area contributed by atoms with Crippen LogP contribution in [-0.4, -0.2) is 16.7 Å². The van der Waals surface area contributed by atoms with Gasteiger partial charge in [0.2, 0.25) is 11.7 Å². The van der Waals surface area contributed by atoms with Crippen molar-refractivity contribution in [1.29, 1.82) is 0 Å². The number of hydrogen-bond acceptors (Lipinski definition) is 6. The van der Waals surface area contributed by atoms with E-state index in [-0.39, 0.29) is 11.7 Å². The zero-order valence-electron chi connectivity index (χ0n) is 22.9. The number of nitrogens with zero attached hydrogens (tertiary/aromatic N) is 1. The minimum absolute atomic E-state index is 0.0823. The Labute approximate surface area is 244 Å². The molecule has 208 valence electrons. The number of anilines is 2. The number of fused-ring (bicyclic) bond motifs is 2. The van der Waals surface area contributed by atoms with Crippen LogP contribution < -0.4 is 16.4 Å². The lowest BCUT2D eigenvalue weighted by molar-refractivity contribution is -0.122. The zero-order chi connectivity index (χ0) is 28.2. The van der Waals surface area contributed by atoms with Crippen LogP contribution in [0, 0.1) is 5.92 Å². The molecule has 1 fully saturated rings. The van der Waals surface area contributed by atoms with Crippen molar-refractivity contribution in [1.82, 2.24) is 10.3 Å². The Kier molecular flexibility index (Phi) is 8.07. The first-order valence-electron chi connectivity index (χ1n) is 14.3. The van der Waals surface area contributed by atoms with Crippen molar-refractivity contribution in [3.63, 3.8) is 0 Å². The van der Waals surface area contributed by atoms with Crippen LogP contribution in [0.15, 0.2) is 84.9 Å². The molecule has 6 nitrogen and oxygen atoms in total. The number of Topliss-reactive ketones (excluding diaryl/α,β-unsaturated/α-hetero) is 1. The number of nitrogens with two attached hydrogens (primary N) is 1. The first-order chi connectivity index (χ1) is 20.1. The average Bonchev–Trinajstić information content (AvgIpc) is 3.44. The molecule has 7 heteroatoms. The van der Waals surface area contributed by atoms with Gasteiger partial charge in [0.1, 0.15) is 6.04 Å². The Hall–Kier alpha value is -4.07. The van der Waals surface area contributed by atoms with Crippen LogP contribution in [0.2, 0.25) is 0 Å². The van der Waals surface area contributed by atoms with Crippen LogP contribution in [0.25, 0.3) is 21.0 Å². The van der Waals surface area contributed by atoms with Crippen molar-refractivity contribution in [3.05, 3.63) is 101 Å². The summed E-state index contributed by atoms with van der Waals surface area (Å²) in [5.74, 6) is 0.101. The average molecular weight is 563 g/mol. The van der Waals surface area contributed by atoms with Crippen LogP contribution >= 0.6 is 11.3 Å². The van der Waals surface area contributed by atoms with E-state index >= 15 is 0 Å². The van der Waals surface area contributed by atoms with Gasteiger partial charge in [0.05, 0.1) is 10.2 Å². The van der Waals surface area contributed by atoms with E-state index in [1.807, 2.05) is 54.6 Å². The molecule has 4 aromatic carbocycles. The summed E-state index contributed by atoms with van der Waals surface area (Å²) in [6, 6.07) is 27.2. The molecule has 0 radical (unpaired) electrons. The second-order valence-electron chi connectivity index (χ2n) is 10.9. The molecule has 5 aromatic rings. The zero-order valence-corrected chi connectivity index (χ0v) is 23.8. The third-order valence-electron chi connectivity index (χ3n) is 7.95. The van der Waals surface area contributed by atoms with Gasteiger partial charge >= 0.3 is 0 Å². The third-order valence-corrected chi connectivity index (χ3v) is 8.99. The van der Waals surface area contributed by atoms with Gasteiger partial charge < -0.3 is 16.4 Å². The van der Waals surface area contributed by atoms with Crippen LogP contribution in [-0.2, 0) is 11.3 Å². The van der Waals surface area contributed by atoms with Gasteiger partial charge in [0.25, 0.3) is 0 Å².